The standard InChI is InChI=1S/C13H20N2O3S/c1-8-6-9(14)4-5-10(8)19(17,18)15-11-7-12(16)13(11,2)3/h4-6,11-12,15-16H,7,14H2,1-3H3. The van der Waals surface area contributed by atoms with Gasteiger partial charge in [-0.1, -0.05) is 13.8 Å². The molecule has 0 spiro atoms. The lowest BCUT2D eigenvalue weighted by molar-refractivity contribution is -0.0645. The number of benzene rings is 1. The third-order valence-electron chi connectivity index (χ3n) is 4.00. The number of nitrogens with two attached hydrogens (primary N) is 1. The van der Waals surface area contributed by atoms with E-state index in [1.165, 1.54) is 6.07 Å². The molecule has 1 aromatic rings. The Hall–Kier alpha value is -1.11. The Balaban J connectivity index is 2.25. The van der Waals surface area contributed by atoms with Gasteiger partial charge in [-0.05, 0) is 37.1 Å². The van der Waals surface area contributed by atoms with Gasteiger partial charge in [0.05, 0.1) is 11.0 Å². The average molecular weight is 284 g/mol. The van der Waals surface area contributed by atoms with E-state index in [0.29, 0.717) is 17.7 Å². The van der Waals surface area contributed by atoms with Crippen LogP contribution in [0.2, 0.25) is 0 Å². The Bertz CT molecular complexity index is 596. The monoisotopic (exact) mass is 284 g/mol. The number of anilines is 1. The summed E-state index contributed by atoms with van der Waals surface area (Å²) in [6.07, 6.45) is -0.0204. The van der Waals surface area contributed by atoms with E-state index in [-0.39, 0.29) is 10.9 Å². The zero-order chi connectivity index (χ0) is 14.4. The van der Waals surface area contributed by atoms with E-state index in [9.17, 15) is 13.5 Å². The highest BCUT2D eigenvalue weighted by atomic mass is 32.2. The lowest BCUT2D eigenvalue weighted by Gasteiger charge is -2.49. The van der Waals surface area contributed by atoms with Crippen molar-refractivity contribution in [1.82, 2.24) is 4.72 Å². The molecule has 1 aliphatic carbocycles. The number of nitrogen functional groups attached to an aromatic ring is 1. The maximum atomic E-state index is 12.3. The molecule has 2 rings (SSSR count). The Morgan fingerprint density at radius 1 is 1.42 bits per heavy atom. The van der Waals surface area contributed by atoms with Crippen LogP contribution in [0, 0.1) is 12.3 Å². The molecule has 2 unspecified atom stereocenters. The highest BCUT2D eigenvalue weighted by molar-refractivity contribution is 7.89. The lowest BCUT2D eigenvalue weighted by atomic mass is 9.65. The Morgan fingerprint density at radius 3 is 2.53 bits per heavy atom. The molecular formula is C13H20N2O3S. The van der Waals surface area contributed by atoms with Gasteiger partial charge in [0.2, 0.25) is 10.0 Å². The van der Waals surface area contributed by atoms with Crippen molar-refractivity contribution in [3.05, 3.63) is 23.8 Å². The molecule has 2 atom stereocenters. The zero-order valence-electron chi connectivity index (χ0n) is 11.3. The highest BCUT2D eigenvalue weighted by Crippen LogP contribution is 2.41. The molecule has 19 heavy (non-hydrogen) atoms. The Labute approximate surface area is 113 Å². The molecule has 1 aliphatic rings. The molecule has 0 radical (unpaired) electrons. The molecule has 0 aromatic heterocycles. The number of sulfonamides is 1. The van der Waals surface area contributed by atoms with E-state index in [1.807, 2.05) is 13.8 Å². The van der Waals surface area contributed by atoms with Crippen LogP contribution in [0.5, 0.6) is 0 Å². The second kappa shape index (κ2) is 4.47. The topological polar surface area (TPSA) is 92.4 Å². The van der Waals surface area contributed by atoms with Crippen molar-refractivity contribution in [2.45, 2.75) is 44.2 Å². The van der Waals surface area contributed by atoms with Crippen molar-refractivity contribution in [2.24, 2.45) is 5.41 Å². The first kappa shape index (κ1) is 14.3. The van der Waals surface area contributed by atoms with Gasteiger partial charge in [0.1, 0.15) is 0 Å². The molecule has 1 saturated carbocycles. The Morgan fingerprint density at radius 2 is 2.05 bits per heavy atom. The molecule has 106 valence electrons. The fraction of sp³-hybridized carbons (Fsp3) is 0.538. The molecule has 0 amide bonds. The summed E-state index contributed by atoms with van der Waals surface area (Å²) in [5.74, 6) is 0. The smallest absolute Gasteiger partial charge is 0.241 e. The second-order valence-corrected chi connectivity index (χ2v) is 7.45. The molecule has 0 aliphatic heterocycles. The van der Waals surface area contributed by atoms with E-state index in [2.05, 4.69) is 4.72 Å². The summed E-state index contributed by atoms with van der Waals surface area (Å²) in [5, 5.41) is 9.65. The first-order chi connectivity index (χ1) is 8.64. The minimum atomic E-state index is -3.58. The average Bonchev–Trinajstić information content (AvgIpc) is 2.27. The van der Waals surface area contributed by atoms with Gasteiger partial charge in [-0.15, -0.1) is 0 Å². The molecule has 6 heteroatoms. The van der Waals surface area contributed by atoms with Crippen molar-refractivity contribution in [2.75, 3.05) is 5.73 Å². The number of nitrogens with one attached hydrogen (secondary N) is 1. The fourth-order valence-electron chi connectivity index (χ4n) is 2.33. The number of hydrogen-bond donors (Lipinski definition) is 3. The van der Waals surface area contributed by atoms with Gasteiger partial charge in [0.25, 0.3) is 0 Å². The van der Waals surface area contributed by atoms with E-state index >= 15 is 0 Å². The summed E-state index contributed by atoms with van der Waals surface area (Å²) in [5.41, 5.74) is 6.34. The summed E-state index contributed by atoms with van der Waals surface area (Å²) >= 11 is 0. The van der Waals surface area contributed by atoms with Crippen molar-refractivity contribution in [3.63, 3.8) is 0 Å². The molecule has 0 bridgehead atoms. The molecular weight excluding hydrogens is 264 g/mol. The summed E-state index contributed by atoms with van der Waals surface area (Å²) in [7, 11) is -3.58. The van der Waals surface area contributed by atoms with E-state index in [0.717, 1.165) is 0 Å². The van der Waals surface area contributed by atoms with Gasteiger partial charge in [-0.3, -0.25) is 0 Å². The molecule has 0 heterocycles. The number of aryl methyl sites for hydroxylation is 1. The SMILES string of the molecule is Cc1cc(N)ccc1S(=O)(=O)NC1CC(O)C1(C)C. The number of hydrogen-bond acceptors (Lipinski definition) is 4. The van der Waals surface area contributed by atoms with Crippen molar-refractivity contribution >= 4 is 15.7 Å². The second-order valence-electron chi connectivity index (χ2n) is 5.77. The summed E-state index contributed by atoms with van der Waals surface area (Å²) in [6, 6.07) is 4.47. The van der Waals surface area contributed by atoms with Gasteiger partial charge >= 0.3 is 0 Å². The van der Waals surface area contributed by atoms with Gasteiger partial charge in [-0.2, -0.15) is 0 Å². The highest BCUT2D eigenvalue weighted by Gasteiger charge is 2.49. The number of aliphatic hydroxyl groups excluding tert-OH is 1. The van der Waals surface area contributed by atoms with Gasteiger partial charge in [0, 0.05) is 17.1 Å². The van der Waals surface area contributed by atoms with Crippen molar-refractivity contribution in [1.29, 1.82) is 0 Å². The fourth-order valence-corrected chi connectivity index (χ4v) is 3.96. The first-order valence-corrected chi connectivity index (χ1v) is 7.69. The molecule has 1 fully saturated rings. The number of rotatable bonds is 3. The maximum Gasteiger partial charge on any atom is 0.241 e. The zero-order valence-corrected chi connectivity index (χ0v) is 12.2. The van der Waals surface area contributed by atoms with Gasteiger partial charge in [-0.25, -0.2) is 13.1 Å². The maximum absolute atomic E-state index is 12.3. The minimum absolute atomic E-state index is 0.235. The lowest BCUT2D eigenvalue weighted by Crippen LogP contribution is -2.61. The molecule has 4 N–H and O–H groups in total. The van der Waals surface area contributed by atoms with Crippen LogP contribution in [0.15, 0.2) is 23.1 Å². The van der Waals surface area contributed by atoms with E-state index in [4.69, 9.17) is 5.73 Å². The minimum Gasteiger partial charge on any atom is -0.399 e. The van der Waals surface area contributed by atoms with Crippen LogP contribution in [-0.4, -0.2) is 25.7 Å². The number of aliphatic hydroxyl groups is 1. The third kappa shape index (κ3) is 2.48. The summed E-state index contributed by atoms with van der Waals surface area (Å²) in [4.78, 5) is 0.235. The van der Waals surface area contributed by atoms with Crippen LogP contribution in [-0.2, 0) is 10.0 Å². The normalized spacial score (nSPS) is 25.9. The predicted molar refractivity (Wildman–Crippen MR) is 74.1 cm³/mol. The quantitative estimate of drug-likeness (QED) is 0.722. The van der Waals surface area contributed by atoms with Gasteiger partial charge < -0.3 is 10.8 Å². The van der Waals surface area contributed by atoms with E-state index in [1.54, 1.807) is 19.1 Å². The van der Waals surface area contributed by atoms with Crippen LogP contribution >= 0.6 is 0 Å². The van der Waals surface area contributed by atoms with Crippen molar-refractivity contribution < 1.29 is 13.5 Å². The third-order valence-corrected chi connectivity index (χ3v) is 5.63. The predicted octanol–water partition coefficient (Wildman–Crippen LogP) is 1.01. The van der Waals surface area contributed by atoms with Crippen molar-refractivity contribution in [3.8, 4) is 0 Å². The Kier molecular flexibility index (Phi) is 3.36. The van der Waals surface area contributed by atoms with Gasteiger partial charge in [0.15, 0.2) is 0 Å². The molecule has 1 aromatic carbocycles. The van der Waals surface area contributed by atoms with Crippen LogP contribution < -0.4 is 10.5 Å². The summed E-state index contributed by atoms with van der Waals surface area (Å²) in [6.45, 7) is 5.42. The largest absolute Gasteiger partial charge is 0.399 e. The molecule has 0 saturated heterocycles. The molecule has 5 nitrogen and oxygen atoms in total. The van der Waals surface area contributed by atoms with E-state index < -0.39 is 21.5 Å². The van der Waals surface area contributed by atoms with Crippen LogP contribution in [0.3, 0.4) is 0 Å². The summed E-state index contributed by atoms with van der Waals surface area (Å²) < 4.78 is 27.3. The van der Waals surface area contributed by atoms with Crippen LogP contribution in [0.1, 0.15) is 25.8 Å². The van der Waals surface area contributed by atoms with Crippen LogP contribution in [0.4, 0.5) is 5.69 Å². The first-order valence-electron chi connectivity index (χ1n) is 6.21. The van der Waals surface area contributed by atoms with Crippen LogP contribution in [0.25, 0.3) is 0 Å².